The Bertz CT molecular complexity index is 722. The van der Waals surface area contributed by atoms with Gasteiger partial charge in [0.1, 0.15) is 5.69 Å². The Morgan fingerprint density at radius 1 is 1.21 bits per heavy atom. The molecule has 0 saturated heterocycles. The number of benzene rings is 1. The summed E-state index contributed by atoms with van der Waals surface area (Å²) in [6.07, 6.45) is 2.32. The SMILES string of the molecule is CC.Cc1ccccc1-c1c(O)c(C)nn(CC2CC2)c1=O.[CH3-].[Y]. The number of aromatic hydroxyl groups is 1. The van der Waals surface area contributed by atoms with E-state index in [2.05, 4.69) is 5.10 Å². The van der Waals surface area contributed by atoms with E-state index in [1.54, 1.807) is 6.92 Å². The van der Waals surface area contributed by atoms with Crippen LogP contribution in [-0.4, -0.2) is 14.9 Å². The zero-order valence-electron chi connectivity index (χ0n) is 15.3. The maximum absolute atomic E-state index is 12.6. The minimum Gasteiger partial charge on any atom is -0.505 e. The van der Waals surface area contributed by atoms with E-state index < -0.39 is 0 Å². The van der Waals surface area contributed by atoms with Gasteiger partial charge >= 0.3 is 0 Å². The zero-order valence-corrected chi connectivity index (χ0v) is 18.2. The summed E-state index contributed by atoms with van der Waals surface area (Å²) in [5.74, 6) is 0.560. The molecule has 0 unspecified atom stereocenters. The molecule has 0 bridgehead atoms. The van der Waals surface area contributed by atoms with Crippen LogP contribution in [0.3, 0.4) is 0 Å². The van der Waals surface area contributed by atoms with Crippen molar-refractivity contribution in [2.45, 2.75) is 47.1 Å². The van der Waals surface area contributed by atoms with Gasteiger partial charge < -0.3 is 12.5 Å². The smallest absolute Gasteiger partial charge is 0.278 e. The summed E-state index contributed by atoms with van der Waals surface area (Å²) in [7, 11) is 0. The van der Waals surface area contributed by atoms with Crippen LogP contribution in [0, 0.1) is 27.2 Å². The van der Waals surface area contributed by atoms with E-state index >= 15 is 0 Å². The molecule has 1 aromatic heterocycles. The molecule has 5 heteroatoms. The molecular weight excluding hydrogens is 377 g/mol. The number of hydrogen-bond acceptors (Lipinski definition) is 3. The van der Waals surface area contributed by atoms with E-state index in [0.717, 1.165) is 24.0 Å². The Hall–Kier alpha value is -0.996. The van der Waals surface area contributed by atoms with Gasteiger partial charge in [0, 0.05) is 39.3 Å². The van der Waals surface area contributed by atoms with Crippen molar-refractivity contribution >= 4 is 0 Å². The van der Waals surface area contributed by atoms with Gasteiger partial charge in [0.2, 0.25) is 0 Å². The van der Waals surface area contributed by atoms with Crippen molar-refractivity contribution in [2.75, 3.05) is 0 Å². The molecule has 0 aliphatic heterocycles. The second-order valence-electron chi connectivity index (χ2n) is 5.55. The summed E-state index contributed by atoms with van der Waals surface area (Å²) >= 11 is 0. The largest absolute Gasteiger partial charge is 0.505 e. The van der Waals surface area contributed by atoms with Crippen molar-refractivity contribution in [3.05, 3.63) is 53.3 Å². The van der Waals surface area contributed by atoms with Gasteiger partial charge in [-0.2, -0.15) is 5.10 Å². The van der Waals surface area contributed by atoms with Gasteiger partial charge in [0.15, 0.2) is 5.75 Å². The van der Waals surface area contributed by atoms with Crippen molar-refractivity contribution in [3.63, 3.8) is 0 Å². The van der Waals surface area contributed by atoms with Crippen molar-refractivity contribution < 1.29 is 37.8 Å². The number of hydrogen-bond donors (Lipinski definition) is 1. The van der Waals surface area contributed by atoms with Gasteiger partial charge in [0.05, 0.1) is 5.56 Å². The van der Waals surface area contributed by atoms with Crippen molar-refractivity contribution in [1.29, 1.82) is 0 Å². The summed E-state index contributed by atoms with van der Waals surface area (Å²) in [4.78, 5) is 12.6. The predicted octanol–water partition coefficient (Wildman–Crippen LogP) is 4.12. The molecule has 1 heterocycles. The molecule has 24 heavy (non-hydrogen) atoms. The first kappa shape index (κ1) is 23.0. The van der Waals surface area contributed by atoms with Crippen LogP contribution >= 0.6 is 0 Å². The van der Waals surface area contributed by atoms with Crippen molar-refractivity contribution in [2.24, 2.45) is 5.92 Å². The van der Waals surface area contributed by atoms with Gasteiger partial charge in [-0.15, -0.1) is 0 Å². The number of aryl methyl sites for hydroxylation is 2. The molecule has 0 atom stereocenters. The Balaban J connectivity index is 0.00000128. The van der Waals surface area contributed by atoms with Crippen LogP contribution in [-0.2, 0) is 39.3 Å². The first-order chi connectivity index (χ1) is 10.6. The molecule has 1 saturated carbocycles. The van der Waals surface area contributed by atoms with Crippen LogP contribution in [0.15, 0.2) is 29.1 Å². The maximum Gasteiger partial charge on any atom is 0.278 e. The molecule has 0 amide bonds. The first-order valence-corrected chi connectivity index (χ1v) is 7.94. The van der Waals surface area contributed by atoms with Gasteiger partial charge in [-0.25, -0.2) is 4.68 Å². The molecule has 2 aromatic rings. The van der Waals surface area contributed by atoms with E-state index in [-0.39, 0.29) is 51.4 Å². The quantitative estimate of drug-likeness (QED) is 0.784. The third kappa shape index (κ3) is 5.00. The van der Waals surface area contributed by atoms with Gasteiger partial charge in [-0.3, -0.25) is 4.79 Å². The molecule has 3 rings (SSSR count). The third-order valence-corrected chi connectivity index (χ3v) is 3.84. The van der Waals surface area contributed by atoms with Crippen LogP contribution in [0.5, 0.6) is 5.75 Å². The third-order valence-electron chi connectivity index (χ3n) is 3.84. The maximum atomic E-state index is 12.6. The predicted molar refractivity (Wildman–Crippen MR) is 95.6 cm³/mol. The topological polar surface area (TPSA) is 55.1 Å². The molecule has 1 N–H and O–H groups in total. The summed E-state index contributed by atoms with van der Waals surface area (Å²) in [5, 5.41) is 14.5. The van der Waals surface area contributed by atoms with E-state index in [1.165, 1.54) is 4.68 Å². The fourth-order valence-corrected chi connectivity index (χ4v) is 2.45. The molecule has 1 aliphatic rings. The first-order valence-electron chi connectivity index (χ1n) is 7.94. The van der Waals surface area contributed by atoms with E-state index in [1.807, 2.05) is 45.0 Å². The summed E-state index contributed by atoms with van der Waals surface area (Å²) in [6.45, 7) is 8.33. The van der Waals surface area contributed by atoms with Crippen LogP contribution < -0.4 is 5.56 Å². The number of nitrogens with zero attached hydrogens (tertiary/aromatic N) is 2. The molecule has 1 radical (unpaired) electrons. The van der Waals surface area contributed by atoms with Crippen LogP contribution in [0.2, 0.25) is 0 Å². The van der Waals surface area contributed by atoms with Crippen LogP contribution in [0.25, 0.3) is 11.1 Å². The molecule has 4 nitrogen and oxygen atoms in total. The standard InChI is InChI=1S/C16H18N2O2.C2H6.CH3.Y/c1-10-5-3-4-6-13(10)14-15(19)11(2)17-18(16(14)20)9-12-7-8-12;1-2;;/h3-6,12,19H,7-9H2,1-2H3;1-2H3;1H3;/q;;-1;. The number of rotatable bonds is 3. The summed E-state index contributed by atoms with van der Waals surface area (Å²) in [6, 6.07) is 7.61. The Morgan fingerprint density at radius 2 is 1.79 bits per heavy atom. The normalized spacial score (nSPS) is 12.3. The molecule has 1 aliphatic carbocycles. The molecular formula is C19H27N2O2Y-. The van der Waals surface area contributed by atoms with Crippen molar-refractivity contribution in [1.82, 2.24) is 9.78 Å². The Morgan fingerprint density at radius 3 is 2.33 bits per heavy atom. The minimum absolute atomic E-state index is 0. The molecule has 0 spiro atoms. The fraction of sp³-hybridized carbons (Fsp3) is 0.421. The second-order valence-corrected chi connectivity index (χ2v) is 5.55. The van der Waals surface area contributed by atoms with E-state index in [0.29, 0.717) is 23.7 Å². The molecule has 1 fully saturated rings. The average Bonchev–Trinajstić information content (AvgIpc) is 3.33. The number of aromatic nitrogens is 2. The van der Waals surface area contributed by atoms with Gasteiger partial charge in [-0.05, 0) is 43.7 Å². The monoisotopic (exact) mass is 404 g/mol. The Kier molecular flexibility index (Phi) is 9.68. The fourth-order valence-electron chi connectivity index (χ4n) is 2.45. The average molecular weight is 404 g/mol. The van der Waals surface area contributed by atoms with E-state index in [9.17, 15) is 9.90 Å². The van der Waals surface area contributed by atoms with Crippen LogP contribution in [0.4, 0.5) is 0 Å². The van der Waals surface area contributed by atoms with Gasteiger partial charge in [0.25, 0.3) is 5.56 Å². The summed E-state index contributed by atoms with van der Waals surface area (Å²) < 4.78 is 1.51. The molecule has 129 valence electrons. The molecule has 1 aromatic carbocycles. The second kappa shape index (κ2) is 10.1. The van der Waals surface area contributed by atoms with E-state index in [4.69, 9.17) is 0 Å². The summed E-state index contributed by atoms with van der Waals surface area (Å²) in [5.41, 5.74) is 2.43. The Labute approximate surface area is 170 Å². The van der Waals surface area contributed by atoms with Gasteiger partial charge in [-0.1, -0.05) is 38.1 Å². The van der Waals surface area contributed by atoms with Crippen LogP contribution in [0.1, 0.15) is 37.9 Å². The van der Waals surface area contributed by atoms with Crippen molar-refractivity contribution in [3.8, 4) is 16.9 Å². The zero-order chi connectivity index (χ0) is 16.3. The minimum atomic E-state index is -0.200.